The highest BCUT2D eigenvalue weighted by atomic mass is 16.5. The van der Waals surface area contributed by atoms with Crippen LogP contribution in [0.2, 0.25) is 0 Å². The lowest BCUT2D eigenvalue weighted by Crippen LogP contribution is -2.29. The number of nitrogens with zero attached hydrogens (tertiary/aromatic N) is 1. The van der Waals surface area contributed by atoms with E-state index in [-0.39, 0.29) is 12.2 Å². The molecule has 1 heterocycles. The molecule has 0 aromatic heterocycles. The lowest BCUT2D eigenvalue weighted by Gasteiger charge is -2.16. The second-order valence-corrected chi connectivity index (χ2v) is 5.05. The summed E-state index contributed by atoms with van der Waals surface area (Å²) in [6.45, 7) is 8.86. The zero-order valence-electron chi connectivity index (χ0n) is 11.1. The molecule has 0 aromatic carbocycles. The molecule has 1 aliphatic rings. The first-order chi connectivity index (χ1) is 8.02. The second-order valence-electron chi connectivity index (χ2n) is 5.05. The van der Waals surface area contributed by atoms with Gasteiger partial charge in [0.05, 0.1) is 13.2 Å². The summed E-state index contributed by atoms with van der Waals surface area (Å²) in [5, 5.41) is 0. The van der Waals surface area contributed by atoms with Gasteiger partial charge in [0.25, 0.3) is 0 Å². The molecular formula is C13H23NO3. The topological polar surface area (TPSA) is 46.6 Å². The van der Waals surface area contributed by atoms with Crippen LogP contribution >= 0.6 is 0 Å². The Hall–Kier alpha value is -0.900. The Bertz CT molecular complexity index is 276. The van der Waals surface area contributed by atoms with Crippen molar-refractivity contribution in [3.8, 4) is 0 Å². The number of rotatable bonds is 6. The summed E-state index contributed by atoms with van der Waals surface area (Å²) in [5.74, 6) is 0.913. The van der Waals surface area contributed by atoms with Crippen molar-refractivity contribution in [3.63, 3.8) is 0 Å². The molecule has 4 heteroatoms. The highest BCUT2D eigenvalue weighted by Crippen LogP contribution is 2.23. The first-order valence-corrected chi connectivity index (χ1v) is 6.42. The largest absolute Gasteiger partial charge is 0.466 e. The van der Waals surface area contributed by atoms with Crippen LogP contribution in [0.1, 0.15) is 33.6 Å². The number of Topliss-reactive ketones (excluding diaryl/α,β-unsaturated/α-hetero) is 1. The molecule has 0 saturated carbocycles. The van der Waals surface area contributed by atoms with Gasteiger partial charge in [-0.15, -0.1) is 0 Å². The van der Waals surface area contributed by atoms with Gasteiger partial charge < -0.3 is 4.74 Å². The smallest absolute Gasteiger partial charge is 0.313 e. The zero-order valence-corrected chi connectivity index (χ0v) is 11.1. The number of ketones is 1. The fourth-order valence-electron chi connectivity index (χ4n) is 2.23. The molecule has 0 radical (unpaired) electrons. The molecule has 0 amide bonds. The lowest BCUT2D eigenvalue weighted by atomic mass is 9.95. The Morgan fingerprint density at radius 3 is 2.65 bits per heavy atom. The van der Waals surface area contributed by atoms with Crippen molar-refractivity contribution >= 4 is 11.8 Å². The highest BCUT2D eigenvalue weighted by molar-refractivity contribution is 5.96. The lowest BCUT2D eigenvalue weighted by molar-refractivity contribution is -0.145. The predicted molar refractivity (Wildman–Crippen MR) is 65.6 cm³/mol. The van der Waals surface area contributed by atoms with Gasteiger partial charge >= 0.3 is 5.97 Å². The Labute approximate surface area is 103 Å². The molecule has 0 N–H and O–H groups in total. The summed E-state index contributed by atoms with van der Waals surface area (Å²) in [6, 6.07) is 0. The maximum Gasteiger partial charge on any atom is 0.313 e. The van der Waals surface area contributed by atoms with E-state index in [1.807, 2.05) is 0 Å². The number of hydrogen-bond acceptors (Lipinski definition) is 4. The minimum absolute atomic E-state index is 0.0344. The van der Waals surface area contributed by atoms with E-state index in [2.05, 4.69) is 18.7 Å². The van der Waals surface area contributed by atoms with Gasteiger partial charge in [0.15, 0.2) is 5.78 Å². The van der Waals surface area contributed by atoms with Crippen LogP contribution in [-0.4, -0.2) is 42.9 Å². The molecule has 0 aromatic rings. The average molecular weight is 241 g/mol. The SMILES string of the molecule is CCOC(=O)CC(=O)CN1CCC(C(C)C)C1. The van der Waals surface area contributed by atoms with Crippen molar-refractivity contribution in [2.75, 3.05) is 26.2 Å². The summed E-state index contributed by atoms with van der Waals surface area (Å²) in [7, 11) is 0. The molecule has 4 nitrogen and oxygen atoms in total. The number of carbonyl (C=O) groups is 2. The van der Waals surface area contributed by atoms with Crippen molar-refractivity contribution in [2.24, 2.45) is 11.8 Å². The summed E-state index contributed by atoms with van der Waals surface area (Å²) in [4.78, 5) is 24.9. The number of hydrogen-bond donors (Lipinski definition) is 0. The molecule has 1 atom stereocenters. The van der Waals surface area contributed by atoms with Crippen molar-refractivity contribution in [2.45, 2.75) is 33.6 Å². The summed E-state index contributed by atoms with van der Waals surface area (Å²) >= 11 is 0. The quantitative estimate of drug-likeness (QED) is 0.522. The predicted octanol–water partition coefficient (Wildman–Crippen LogP) is 1.49. The zero-order chi connectivity index (χ0) is 12.8. The molecule has 0 aliphatic carbocycles. The van der Waals surface area contributed by atoms with E-state index >= 15 is 0 Å². The average Bonchev–Trinajstić information content (AvgIpc) is 2.66. The number of likely N-dealkylation sites (tertiary alicyclic amines) is 1. The molecule has 1 saturated heterocycles. The van der Waals surface area contributed by atoms with Crippen LogP contribution in [0.5, 0.6) is 0 Å². The fraction of sp³-hybridized carbons (Fsp3) is 0.846. The number of ether oxygens (including phenoxy) is 1. The molecule has 0 bridgehead atoms. The van der Waals surface area contributed by atoms with Crippen LogP contribution in [0, 0.1) is 11.8 Å². The van der Waals surface area contributed by atoms with Gasteiger partial charge in [0.2, 0.25) is 0 Å². The summed E-state index contributed by atoms with van der Waals surface area (Å²) < 4.78 is 4.76. The molecule has 0 spiro atoms. The molecule has 17 heavy (non-hydrogen) atoms. The molecule has 1 rings (SSSR count). The highest BCUT2D eigenvalue weighted by Gasteiger charge is 2.26. The maximum absolute atomic E-state index is 11.6. The van der Waals surface area contributed by atoms with Crippen LogP contribution in [0.3, 0.4) is 0 Å². The van der Waals surface area contributed by atoms with Gasteiger partial charge in [-0.25, -0.2) is 0 Å². The number of carbonyl (C=O) groups excluding carboxylic acids is 2. The third-order valence-electron chi connectivity index (χ3n) is 3.30. The molecule has 98 valence electrons. The third kappa shape index (κ3) is 4.86. The molecular weight excluding hydrogens is 218 g/mol. The second kappa shape index (κ2) is 6.74. The summed E-state index contributed by atoms with van der Waals surface area (Å²) in [5.41, 5.74) is 0. The Morgan fingerprint density at radius 1 is 1.41 bits per heavy atom. The molecule has 1 aliphatic heterocycles. The van der Waals surface area contributed by atoms with E-state index in [0.29, 0.717) is 25.0 Å². The van der Waals surface area contributed by atoms with Crippen molar-refractivity contribution < 1.29 is 14.3 Å². The van der Waals surface area contributed by atoms with Gasteiger partial charge in [0, 0.05) is 6.54 Å². The van der Waals surface area contributed by atoms with E-state index in [1.54, 1.807) is 6.92 Å². The van der Waals surface area contributed by atoms with Gasteiger partial charge in [-0.05, 0) is 31.7 Å². The monoisotopic (exact) mass is 241 g/mol. The first kappa shape index (κ1) is 14.2. The van der Waals surface area contributed by atoms with Crippen LogP contribution in [0.4, 0.5) is 0 Å². The van der Waals surface area contributed by atoms with Crippen molar-refractivity contribution in [1.82, 2.24) is 4.90 Å². The van der Waals surface area contributed by atoms with E-state index in [4.69, 9.17) is 4.74 Å². The number of esters is 1. The van der Waals surface area contributed by atoms with E-state index < -0.39 is 5.97 Å². The van der Waals surface area contributed by atoms with Gasteiger partial charge in [-0.3, -0.25) is 14.5 Å². The van der Waals surface area contributed by atoms with Crippen molar-refractivity contribution in [1.29, 1.82) is 0 Å². The van der Waals surface area contributed by atoms with Gasteiger partial charge in [-0.2, -0.15) is 0 Å². The minimum atomic E-state index is -0.405. The van der Waals surface area contributed by atoms with Crippen LogP contribution in [0.15, 0.2) is 0 Å². The molecule has 1 fully saturated rings. The van der Waals surface area contributed by atoms with E-state index in [9.17, 15) is 9.59 Å². The van der Waals surface area contributed by atoms with Gasteiger partial charge in [0.1, 0.15) is 6.42 Å². The minimum Gasteiger partial charge on any atom is -0.466 e. The van der Waals surface area contributed by atoms with Gasteiger partial charge in [-0.1, -0.05) is 13.8 Å². The van der Waals surface area contributed by atoms with Crippen molar-refractivity contribution in [3.05, 3.63) is 0 Å². The maximum atomic E-state index is 11.6. The molecule has 1 unspecified atom stereocenters. The summed E-state index contributed by atoms with van der Waals surface area (Å²) in [6.07, 6.45) is 1.07. The van der Waals surface area contributed by atoms with Crippen LogP contribution in [-0.2, 0) is 14.3 Å². The normalized spacial score (nSPS) is 20.8. The standard InChI is InChI=1S/C13H23NO3/c1-4-17-13(16)7-12(15)9-14-6-5-11(8-14)10(2)3/h10-11H,4-9H2,1-3H3. The van der Waals surface area contributed by atoms with E-state index in [0.717, 1.165) is 19.5 Å². The first-order valence-electron chi connectivity index (χ1n) is 6.42. The Kier molecular flexibility index (Phi) is 5.62. The van der Waals surface area contributed by atoms with Crippen LogP contribution in [0.25, 0.3) is 0 Å². The fourth-order valence-corrected chi connectivity index (χ4v) is 2.23. The van der Waals surface area contributed by atoms with Crippen LogP contribution < -0.4 is 0 Å². The van der Waals surface area contributed by atoms with E-state index in [1.165, 1.54) is 0 Å². The Morgan fingerprint density at radius 2 is 2.12 bits per heavy atom. The third-order valence-corrected chi connectivity index (χ3v) is 3.30. The Balaban J connectivity index is 2.26.